The van der Waals surface area contributed by atoms with Crippen molar-refractivity contribution in [2.75, 3.05) is 32.1 Å². The lowest BCUT2D eigenvalue weighted by atomic mass is 10.1. The molecule has 106 valence electrons. The van der Waals surface area contributed by atoms with E-state index < -0.39 is 0 Å². The minimum atomic E-state index is 0.0920. The number of pyridine rings is 1. The summed E-state index contributed by atoms with van der Waals surface area (Å²) in [6.45, 7) is 4.33. The van der Waals surface area contributed by atoms with Gasteiger partial charge in [-0.3, -0.25) is 0 Å². The number of hydrogen-bond acceptors (Lipinski definition) is 4. The monoisotopic (exact) mass is 263 g/mol. The molecule has 1 aromatic heterocycles. The Morgan fingerprint density at radius 3 is 2.84 bits per heavy atom. The van der Waals surface area contributed by atoms with Crippen molar-refractivity contribution < 1.29 is 5.11 Å². The quantitative estimate of drug-likeness (QED) is 0.877. The maximum Gasteiger partial charge on any atom is 0.129 e. The van der Waals surface area contributed by atoms with E-state index in [1.54, 1.807) is 0 Å². The van der Waals surface area contributed by atoms with Gasteiger partial charge in [0.2, 0.25) is 0 Å². The highest BCUT2D eigenvalue weighted by atomic mass is 16.3. The minimum Gasteiger partial charge on any atom is -0.392 e. The average molecular weight is 263 g/mol. The molecule has 1 fully saturated rings. The Kier molecular flexibility index (Phi) is 4.77. The van der Waals surface area contributed by atoms with Crippen molar-refractivity contribution in [1.29, 1.82) is 0 Å². The highest BCUT2D eigenvalue weighted by Crippen LogP contribution is 2.25. The molecule has 0 saturated carbocycles. The summed E-state index contributed by atoms with van der Waals surface area (Å²) < 4.78 is 0. The Morgan fingerprint density at radius 2 is 2.21 bits per heavy atom. The SMILES string of the molecule is CCc1cc(CO)cc(N2CCCC2CN(C)C)n1. The molecule has 2 rings (SSSR count). The number of aryl methyl sites for hydroxylation is 1. The first-order chi connectivity index (χ1) is 9.13. The van der Waals surface area contributed by atoms with Crippen LogP contribution in [0.4, 0.5) is 5.82 Å². The minimum absolute atomic E-state index is 0.0920. The van der Waals surface area contributed by atoms with Crippen LogP contribution in [0.2, 0.25) is 0 Å². The first-order valence-electron chi connectivity index (χ1n) is 7.16. The summed E-state index contributed by atoms with van der Waals surface area (Å²) in [5.41, 5.74) is 2.04. The molecule has 0 aromatic carbocycles. The summed E-state index contributed by atoms with van der Waals surface area (Å²) in [6.07, 6.45) is 3.36. The van der Waals surface area contributed by atoms with Crippen LogP contribution in [-0.4, -0.2) is 48.2 Å². The van der Waals surface area contributed by atoms with E-state index in [1.165, 1.54) is 12.8 Å². The topological polar surface area (TPSA) is 39.6 Å². The molecule has 4 nitrogen and oxygen atoms in total. The van der Waals surface area contributed by atoms with Crippen LogP contribution >= 0.6 is 0 Å². The molecule has 0 spiro atoms. The van der Waals surface area contributed by atoms with Crippen molar-refractivity contribution in [2.24, 2.45) is 0 Å². The van der Waals surface area contributed by atoms with Crippen LogP contribution in [0.3, 0.4) is 0 Å². The van der Waals surface area contributed by atoms with E-state index in [4.69, 9.17) is 4.98 Å². The number of aromatic nitrogens is 1. The fourth-order valence-corrected chi connectivity index (χ4v) is 2.80. The zero-order chi connectivity index (χ0) is 13.8. The summed E-state index contributed by atoms with van der Waals surface area (Å²) in [5, 5.41) is 9.38. The van der Waals surface area contributed by atoms with Crippen molar-refractivity contribution in [3.63, 3.8) is 0 Å². The molecule has 0 bridgehead atoms. The van der Waals surface area contributed by atoms with E-state index in [2.05, 4.69) is 30.8 Å². The molecular weight excluding hydrogens is 238 g/mol. The van der Waals surface area contributed by atoms with Crippen LogP contribution in [-0.2, 0) is 13.0 Å². The van der Waals surface area contributed by atoms with Gasteiger partial charge in [0.15, 0.2) is 0 Å². The standard InChI is InChI=1S/C15H25N3O/c1-4-13-8-12(11-19)9-15(16-13)18-7-5-6-14(18)10-17(2)3/h8-9,14,19H,4-7,10-11H2,1-3H3. The second-order valence-electron chi connectivity index (χ2n) is 5.59. The first-order valence-corrected chi connectivity index (χ1v) is 7.16. The number of nitrogens with zero attached hydrogens (tertiary/aromatic N) is 3. The van der Waals surface area contributed by atoms with Gasteiger partial charge in [0.1, 0.15) is 5.82 Å². The molecule has 1 aliphatic rings. The smallest absolute Gasteiger partial charge is 0.129 e. The lowest BCUT2D eigenvalue weighted by Gasteiger charge is -2.28. The van der Waals surface area contributed by atoms with E-state index in [1.807, 2.05) is 12.1 Å². The number of anilines is 1. The van der Waals surface area contributed by atoms with Gasteiger partial charge in [0, 0.05) is 24.8 Å². The second-order valence-corrected chi connectivity index (χ2v) is 5.59. The lowest BCUT2D eigenvalue weighted by molar-refractivity contribution is 0.281. The summed E-state index contributed by atoms with van der Waals surface area (Å²) >= 11 is 0. The molecule has 4 heteroatoms. The van der Waals surface area contributed by atoms with Gasteiger partial charge in [0.25, 0.3) is 0 Å². The number of likely N-dealkylation sites (N-methyl/N-ethyl adjacent to an activating group) is 1. The maximum absolute atomic E-state index is 9.38. The molecule has 1 saturated heterocycles. The van der Waals surface area contributed by atoms with Crippen LogP contribution in [0.15, 0.2) is 12.1 Å². The number of rotatable bonds is 5. The third-order valence-corrected chi connectivity index (χ3v) is 3.72. The first kappa shape index (κ1) is 14.3. The summed E-state index contributed by atoms with van der Waals surface area (Å²) in [6, 6.07) is 4.58. The predicted molar refractivity (Wildman–Crippen MR) is 78.5 cm³/mol. The molecule has 2 heterocycles. The van der Waals surface area contributed by atoms with Crippen molar-refractivity contribution in [3.8, 4) is 0 Å². The van der Waals surface area contributed by atoms with E-state index in [-0.39, 0.29) is 6.61 Å². The van der Waals surface area contributed by atoms with Gasteiger partial charge >= 0.3 is 0 Å². The zero-order valence-corrected chi connectivity index (χ0v) is 12.3. The zero-order valence-electron chi connectivity index (χ0n) is 12.3. The molecule has 19 heavy (non-hydrogen) atoms. The van der Waals surface area contributed by atoms with Gasteiger partial charge in [-0.2, -0.15) is 0 Å². The molecule has 1 unspecified atom stereocenters. The molecule has 0 aliphatic carbocycles. The number of aliphatic hydroxyl groups is 1. The van der Waals surface area contributed by atoms with Gasteiger partial charge in [0.05, 0.1) is 6.61 Å². The summed E-state index contributed by atoms with van der Waals surface area (Å²) in [4.78, 5) is 9.37. The largest absolute Gasteiger partial charge is 0.392 e. The highest BCUT2D eigenvalue weighted by molar-refractivity contribution is 5.45. The van der Waals surface area contributed by atoms with Gasteiger partial charge < -0.3 is 14.9 Å². The Morgan fingerprint density at radius 1 is 1.42 bits per heavy atom. The van der Waals surface area contributed by atoms with Crippen LogP contribution in [0.25, 0.3) is 0 Å². The van der Waals surface area contributed by atoms with E-state index in [0.29, 0.717) is 6.04 Å². The summed E-state index contributed by atoms with van der Waals surface area (Å²) in [7, 11) is 4.23. The molecule has 0 radical (unpaired) electrons. The van der Waals surface area contributed by atoms with Crippen LogP contribution in [0.1, 0.15) is 31.0 Å². The molecule has 0 amide bonds. The molecule has 1 aliphatic heterocycles. The van der Waals surface area contributed by atoms with E-state index in [9.17, 15) is 5.11 Å². The lowest BCUT2D eigenvalue weighted by Crippen LogP contribution is -2.38. The van der Waals surface area contributed by atoms with Crippen LogP contribution < -0.4 is 4.90 Å². The number of aliphatic hydroxyl groups excluding tert-OH is 1. The van der Waals surface area contributed by atoms with E-state index >= 15 is 0 Å². The van der Waals surface area contributed by atoms with E-state index in [0.717, 1.165) is 36.6 Å². The van der Waals surface area contributed by atoms with Gasteiger partial charge in [-0.05, 0) is 51.1 Å². The fourth-order valence-electron chi connectivity index (χ4n) is 2.80. The fraction of sp³-hybridized carbons (Fsp3) is 0.667. The number of hydrogen-bond donors (Lipinski definition) is 1. The molecule has 1 atom stereocenters. The molecule has 1 N–H and O–H groups in total. The van der Waals surface area contributed by atoms with Gasteiger partial charge in [-0.1, -0.05) is 6.92 Å². The van der Waals surface area contributed by atoms with Crippen molar-refractivity contribution in [2.45, 2.75) is 38.8 Å². The normalized spacial score (nSPS) is 19.4. The Hall–Kier alpha value is -1.13. The third kappa shape index (κ3) is 3.45. The third-order valence-electron chi connectivity index (χ3n) is 3.72. The average Bonchev–Trinajstić information content (AvgIpc) is 2.85. The Labute approximate surface area is 116 Å². The predicted octanol–water partition coefficient (Wildman–Crippen LogP) is 1.67. The maximum atomic E-state index is 9.38. The van der Waals surface area contributed by atoms with Gasteiger partial charge in [-0.25, -0.2) is 4.98 Å². The summed E-state index contributed by atoms with van der Waals surface area (Å²) in [5.74, 6) is 1.03. The second kappa shape index (κ2) is 6.35. The molecular formula is C15H25N3O. The molecule has 1 aromatic rings. The Bertz CT molecular complexity index is 398. The van der Waals surface area contributed by atoms with Crippen LogP contribution in [0.5, 0.6) is 0 Å². The van der Waals surface area contributed by atoms with Crippen molar-refractivity contribution in [3.05, 3.63) is 23.4 Å². The van der Waals surface area contributed by atoms with Crippen molar-refractivity contribution in [1.82, 2.24) is 9.88 Å². The Balaban J connectivity index is 2.24. The highest BCUT2D eigenvalue weighted by Gasteiger charge is 2.26. The van der Waals surface area contributed by atoms with Crippen molar-refractivity contribution >= 4 is 5.82 Å². The van der Waals surface area contributed by atoms with Crippen LogP contribution in [0, 0.1) is 0 Å². The van der Waals surface area contributed by atoms with Gasteiger partial charge in [-0.15, -0.1) is 0 Å².